The van der Waals surface area contributed by atoms with Crippen LogP contribution in [0.25, 0.3) is 0 Å². The van der Waals surface area contributed by atoms with Gasteiger partial charge in [0.2, 0.25) is 5.91 Å². The second kappa shape index (κ2) is 7.49. The monoisotopic (exact) mass is 350 g/mol. The molecule has 120 valence electrons. The van der Waals surface area contributed by atoms with Crippen molar-refractivity contribution in [1.29, 1.82) is 0 Å². The van der Waals surface area contributed by atoms with Crippen molar-refractivity contribution < 1.29 is 9.59 Å². The first kappa shape index (κ1) is 17.3. The van der Waals surface area contributed by atoms with Crippen molar-refractivity contribution in [3.8, 4) is 0 Å². The van der Waals surface area contributed by atoms with Crippen LogP contribution in [0.3, 0.4) is 0 Å². The van der Waals surface area contributed by atoms with Gasteiger partial charge in [-0.25, -0.2) is 0 Å². The standard InChI is InChI=1S/C17H16Cl2N2O2/c1-10(2)16(22)20-13-6-3-11(4-7-13)17(23)21-15-9-12(18)5-8-14(15)19/h3-10H,1-2H3,(H,20,22)(H,21,23). The number of amides is 2. The Bertz CT molecular complexity index is 728. The molecule has 0 radical (unpaired) electrons. The number of carbonyl (C=O) groups excluding carboxylic acids is 2. The van der Waals surface area contributed by atoms with Crippen LogP contribution in [0.15, 0.2) is 42.5 Å². The first-order valence-electron chi connectivity index (χ1n) is 7.04. The van der Waals surface area contributed by atoms with E-state index >= 15 is 0 Å². The van der Waals surface area contributed by atoms with E-state index in [2.05, 4.69) is 10.6 Å². The van der Waals surface area contributed by atoms with Crippen molar-refractivity contribution >= 4 is 46.4 Å². The molecule has 0 unspecified atom stereocenters. The fraction of sp³-hybridized carbons (Fsp3) is 0.176. The molecule has 0 aliphatic carbocycles. The summed E-state index contributed by atoms with van der Waals surface area (Å²) in [5.41, 5.74) is 1.53. The Morgan fingerprint density at radius 3 is 2.22 bits per heavy atom. The molecular weight excluding hydrogens is 335 g/mol. The zero-order chi connectivity index (χ0) is 17.0. The fourth-order valence-corrected chi connectivity index (χ4v) is 2.12. The van der Waals surface area contributed by atoms with E-state index in [-0.39, 0.29) is 17.7 Å². The average Bonchev–Trinajstić information content (AvgIpc) is 2.51. The third-order valence-corrected chi connectivity index (χ3v) is 3.68. The number of halogens is 2. The average molecular weight is 351 g/mol. The van der Waals surface area contributed by atoms with E-state index in [1.807, 2.05) is 13.8 Å². The predicted molar refractivity (Wildman–Crippen MR) is 94.3 cm³/mol. The van der Waals surface area contributed by atoms with E-state index in [0.29, 0.717) is 27.0 Å². The highest BCUT2D eigenvalue weighted by atomic mass is 35.5. The summed E-state index contributed by atoms with van der Waals surface area (Å²) in [6.45, 7) is 3.62. The fourth-order valence-electron chi connectivity index (χ4n) is 1.78. The quantitative estimate of drug-likeness (QED) is 0.828. The number of nitrogens with one attached hydrogen (secondary N) is 2. The number of hydrogen-bond donors (Lipinski definition) is 2. The van der Waals surface area contributed by atoms with Crippen molar-refractivity contribution in [1.82, 2.24) is 0 Å². The van der Waals surface area contributed by atoms with Crippen LogP contribution in [-0.2, 0) is 4.79 Å². The van der Waals surface area contributed by atoms with Gasteiger partial charge in [0.25, 0.3) is 5.91 Å². The molecule has 0 fully saturated rings. The lowest BCUT2D eigenvalue weighted by molar-refractivity contribution is -0.118. The summed E-state index contributed by atoms with van der Waals surface area (Å²) in [7, 11) is 0. The maximum absolute atomic E-state index is 12.2. The molecule has 0 spiro atoms. The predicted octanol–water partition coefficient (Wildman–Crippen LogP) is 4.84. The van der Waals surface area contributed by atoms with E-state index in [1.54, 1.807) is 42.5 Å². The maximum atomic E-state index is 12.2. The van der Waals surface area contributed by atoms with Gasteiger partial charge in [0, 0.05) is 22.2 Å². The summed E-state index contributed by atoms with van der Waals surface area (Å²) in [6.07, 6.45) is 0. The van der Waals surface area contributed by atoms with Gasteiger partial charge in [-0.15, -0.1) is 0 Å². The minimum absolute atomic E-state index is 0.0760. The highest BCUT2D eigenvalue weighted by Crippen LogP contribution is 2.26. The Hall–Kier alpha value is -2.04. The normalized spacial score (nSPS) is 10.5. The molecule has 0 heterocycles. The lowest BCUT2D eigenvalue weighted by atomic mass is 10.1. The van der Waals surface area contributed by atoms with Gasteiger partial charge >= 0.3 is 0 Å². The van der Waals surface area contributed by atoms with Gasteiger partial charge in [-0.1, -0.05) is 37.0 Å². The van der Waals surface area contributed by atoms with Crippen LogP contribution in [0, 0.1) is 5.92 Å². The first-order chi connectivity index (χ1) is 10.9. The van der Waals surface area contributed by atoms with Gasteiger partial charge in [0.05, 0.1) is 10.7 Å². The molecule has 2 rings (SSSR count). The van der Waals surface area contributed by atoms with E-state index in [9.17, 15) is 9.59 Å². The second-order valence-corrected chi connectivity index (χ2v) is 6.14. The first-order valence-corrected chi connectivity index (χ1v) is 7.79. The van der Waals surface area contributed by atoms with E-state index in [0.717, 1.165) is 0 Å². The van der Waals surface area contributed by atoms with Crippen LogP contribution in [0.2, 0.25) is 10.0 Å². The molecule has 2 aromatic rings. The third-order valence-electron chi connectivity index (χ3n) is 3.12. The Morgan fingerprint density at radius 2 is 1.61 bits per heavy atom. The van der Waals surface area contributed by atoms with Crippen LogP contribution < -0.4 is 10.6 Å². The Kier molecular flexibility index (Phi) is 5.64. The summed E-state index contributed by atoms with van der Waals surface area (Å²) in [4.78, 5) is 23.8. The number of hydrogen-bond acceptors (Lipinski definition) is 2. The summed E-state index contributed by atoms with van der Waals surface area (Å²) < 4.78 is 0. The molecule has 0 saturated heterocycles. The molecule has 0 saturated carbocycles. The Labute approximate surface area is 144 Å². The topological polar surface area (TPSA) is 58.2 Å². The van der Waals surface area contributed by atoms with E-state index < -0.39 is 0 Å². The van der Waals surface area contributed by atoms with Crippen LogP contribution in [0.4, 0.5) is 11.4 Å². The summed E-state index contributed by atoms with van der Waals surface area (Å²) in [6, 6.07) is 11.5. The Morgan fingerprint density at radius 1 is 0.957 bits per heavy atom. The molecule has 2 aromatic carbocycles. The minimum Gasteiger partial charge on any atom is -0.326 e. The molecule has 0 bridgehead atoms. The van der Waals surface area contributed by atoms with Gasteiger partial charge in [-0.3, -0.25) is 9.59 Å². The molecule has 0 aromatic heterocycles. The summed E-state index contributed by atoms with van der Waals surface area (Å²) >= 11 is 11.9. The summed E-state index contributed by atoms with van der Waals surface area (Å²) in [5.74, 6) is -0.494. The van der Waals surface area contributed by atoms with Gasteiger partial charge in [0.1, 0.15) is 0 Å². The highest BCUT2D eigenvalue weighted by molar-refractivity contribution is 6.35. The SMILES string of the molecule is CC(C)C(=O)Nc1ccc(C(=O)Nc2cc(Cl)ccc2Cl)cc1. The molecule has 6 heteroatoms. The third kappa shape index (κ3) is 4.71. The van der Waals surface area contributed by atoms with E-state index in [4.69, 9.17) is 23.2 Å². The molecule has 4 nitrogen and oxygen atoms in total. The van der Waals surface area contributed by atoms with Gasteiger partial charge in [-0.2, -0.15) is 0 Å². The van der Waals surface area contributed by atoms with Crippen molar-refractivity contribution in [3.63, 3.8) is 0 Å². The number of benzene rings is 2. The van der Waals surface area contributed by atoms with Gasteiger partial charge < -0.3 is 10.6 Å². The lowest BCUT2D eigenvalue weighted by Gasteiger charge is -2.10. The number of carbonyl (C=O) groups is 2. The van der Waals surface area contributed by atoms with Gasteiger partial charge in [-0.05, 0) is 42.5 Å². The molecule has 0 aliphatic heterocycles. The number of rotatable bonds is 4. The minimum atomic E-state index is -0.309. The van der Waals surface area contributed by atoms with Crippen LogP contribution in [0.5, 0.6) is 0 Å². The smallest absolute Gasteiger partial charge is 0.255 e. The van der Waals surface area contributed by atoms with Crippen molar-refractivity contribution in [2.45, 2.75) is 13.8 Å². The Balaban J connectivity index is 2.08. The zero-order valence-corrected chi connectivity index (χ0v) is 14.2. The molecular formula is C17H16Cl2N2O2. The maximum Gasteiger partial charge on any atom is 0.255 e. The largest absolute Gasteiger partial charge is 0.326 e. The van der Waals surface area contributed by atoms with Crippen molar-refractivity contribution in [2.24, 2.45) is 5.92 Å². The number of anilines is 2. The zero-order valence-electron chi connectivity index (χ0n) is 12.7. The van der Waals surface area contributed by atoms with Crippen LogP contribution in [-0.4, -0.2) is 11.8 Å². The summed E-state index contributed by atoms with van der Waals surface area (Å²) in [5, 5.41) is 6.36. The molecule has 2 amide bonds. The molecule has 0 aliphatic rings. The lowest BCUT2D eigenvalue weighted by Crippen LogP contribution is -2.18. The van der Waals surface area contributed by atoms with Crippen LogP contribution >= 0.6 is 23.2 Å². The van der Waals surface area contributed by atoms with Gasteiger partial charge in [0.15, 0.2) is 0 Å². The van der Waals surface area contributed by atoms with Crippen molar-refractivity contribution in [3.05, 3.63) is 58.1 Å². The molecule has 23 heavy (non-hydrogen) atoms. The van der Waals surface area contributed by atoms with E-state index in [1.165, 1.54) is 0 Å². The highest BCUT2D eigenvalue weighted by Gasteiger charge is 2.10. The molecule has 2 N–H and O–H groups in total. The van der Waals surface area contributed by atoms with Crippen molar-refractivity contribution in [2.75, 3.05) is 10.6 Å². The molecule has 0 atom stereocenters. The van der Waals surface area contributed by atoms with Crippen LogP contribution in [0.1, 0.15) is 24.2 Å². The second-order valence-electron chi connectivity index (χ2n) is 5.30.